The van der Waals surface area contributed by atoms with E-state index in [0.717, 1.165) is 12.0 Å². The molecule has 1 heterocycles. The Balaban J connectivity index is 2.19. The molecule has 0 spiro atoms. The number of carbonyl (C=O) groups excluding carboxylic acids is 1. The molecule has 2 aromatic carbocycles. The van der Waals surface area contributed by atoms with Crippen LogP contribution in [-0.4, -0.2) is 18.7 Å². The standard InChI is InChI=1S/C22H21ClO5/c1-4-14-6-11-18-17(12-14)19(24)21(27-13(3)22(25)26-5-2)20(28-18)15-7-9-16(23)10-8-15/h6-13H,4-5H2,1-3H3/t13-/m1/s1. The summed E-state index contributed by atoms with van der Waals surface area (Å²) < 4.78 is 16.7. The second-order valence-corrected chi connectivity index (χ2v) is 6.73. The van der Waals surface area contributed by atoms with Gasteiger partial charge in [0.2, 0.25) is 11.2 Å². The predicted octanol–water partition coefficient (Wildman–Crippen LogP) is 5.01. The maximum absolute atomic E-state index is 13.2. The molecule has 146 valence electrons. The van der Waals surface area contributed by atoms with Crippen LogP contribution in [-0.2, 0) is 16.0 Å². The number of hydrogen-bond donors (Lipinski definition) is 0. The van der Waals surface area contributed by atoms with E-state index in [4.69, 9.17) is 25.5 Å². The van der Waals surface area contributed by atoms with Gasteiger partial charge in [0.15, 0.2) is 11.9 Å². The first-order chi connectivity index (χ1) is 13.4. The van der Waals surface area contributed by atoms with E-state index in [1.54, 1.807) is 43.3 Å². The summed E-state index contributed by atoms with van der Waals surface area (Å²) in [5, 5.41) is 0.963. The predicted molar refractivity (Wildman–Crippen MR) is 109 cm³/mol. The minimum absolute atomic E-state index is 0.0244. The Kier molecular flexibility index (Phi) is 6.05. The monoisotopic (exact) mass is 400 g/mol. The lowest BCUT2D eigenvalue weighted by Gasteiger charge is -2.16. The summed E-state index contributed by atoms with van der Waals surface area (Å²) in [6.07, 6.45) is -0.176. The molecular formula is C22H21ClO5. The topological polar surface area (TPSA) is 65.7 Å². The van der Waals surface area contributed by atoms with Crippen LogP contribution in [0.15, 0.2) is 51.7 Å². The molecule has 0 fully saturated rings. The van der Waals surface area contributed by atoms with E-state index in [-0.39, 0.29) is 23.5 Å². The molecule has 0 aliphatic heterocycles. The van der Waals surface area contributed by atoms with Gasteiger partial charge in [0, 0.05) is 10.6 Å². The molecule has 0 aliphatic carbocycles. The Hall–Kier alpha value is -2.79. The normalized spacial score (nSPS) is 12.0. The maximum atomic E-state index is 13.2. The number of halogens is 1. The number of hydrogen-bond acceptors (Lipinski definition) is 5. The highest BCUT2D eigenvalue weighted by molar-refractivity contribution is 6.30. The van der Waals surface area contributed by atoms with Crippen molar-refractivity contribution < 1.29 is 18.7 Å². The van der Waals surface area contributed by atoms with E-state index in [1.165, 1.54) is 6.92 Å². The Morgan fingerprint density at radius 1 is 1.14 bits per heavy atom. The SMILES string of the molecule is CCOC(=O)[C@@H](C)Oc1c(-c2ccc(Cl)cc2)oc2ccc(CC)cc2c1=O. The fourth-order valence-corrected chi connectivity index (χ4v) is 2.95. The van der Waals surface area contributed by atoms with Gasteiger partial charge in [0.1, 0.15) is 5.58 Å². The lowest BCUT2D eigenvalue weighted by molar-refractivity contribution is -0.150. The molecule has 0 bridgehead atoms. The van der Waals surface area contributed by atoms with Gasteiger partial charge in [-0.25, -0.2) is 4.79 Å². The second kappa shape index (κ2) is 8.48. The molecule has 0 saturated heterocycles. The van der Waals surface area contributed by atoms with Crippen molar-refractivity contribution in [2.45, 2.75) is 33.3 Å². The quantitative estimate of drug-likeness (QED) is 0.544. The fourth-order valence-electron chi connectivity index (χ4n) is 2.83. The minimum Gasteiger partial charge on any atom is -0.471 e. The van der Waals surface area contributed by atoms with Gasteiger partial charge in [-0.1, -0.05) is 24.6 Å². The van der Waals surface area contributed by atoms with Gasteiger partial charge < -0.3 is 13.9 Å². The van der Waals surface area contributed by atoms with Crippen molar-refractivity contribution in [2.75, 3.05) is 6.61 Å². The van der Waals surface area contributed by atoms with Crippen LogP contribution in [0, 0.1) is 0 Å². The highest BCUT2D eigenvalue weighted by Gasteiger charge is 2.23. The number of benzene rings is 2. The first-order valence-electron chi connectivity index (χ1n) is 9.13. The van der Waals surface area contributed by atoms with Crippen molar-refractivity contribution in [1.82, 2.24) is 0 Å². The number of ether oxygens (including phenoxy) is 2. The summed E-state index contributed by atoms with van der Waals surface area (Å²) in [5.41, 5.74) is 1.73. The zero-order valence-corrected chi connectivity index (χ0v) is 16.7. The van der Waals surface area contributed by atoms with Gasteiger partial charge >= 0.3 is 5.97 Å². The molecule has 3 aromatic rings. The number of rotatable bonds is 6. The number of aryl methyl sites for hydroxylation is 1. The van der Waals surface area contributed by atoms with Gasteiger partial charge in [-0.3, -0.25) is 4.79 Å². The van der Waals surface area contributed by atoms with Crippen LogP contribution < -0.4 is 10.2 Å². The Morgan fingerprint density at radius 2 is 1.86 bits per heavy atom. The van der Waals surface area contributed by atoms with E-state index in [0.29, 0.717) is 21.6 Å². The first-order valence-corrected chi connectivity index (χ1v) is 9.51. The van der Waals surface area contributed by atoms with Crippen molar-refractivity contribution in [3.63, 3.8) is 0 Å². The Labute approximate surface area is 167 Å². The summed E-state index contributed by atoms with van der Waals surface area (Å²) in [7, 11) is 0. The van der Waals surface area contributed by atoms with E-state index < -0.39 is 12.1 Å². The number of carbonyl (C=O) groups is 1. The summed E-state index contributed by atoms with van der Waals surface area (Å²) in [5.74, 6) is -0.329. The van der Waals surface area contributed by atoms with Crippen LogP contribution in [0.5, 0.6) is 5.75 Å². The third-order valence-corrected chi connectivity index (χ3v) is 4.59. The summed E-state index contributed by atoms with van der Waals surface area (Å²) >= 11 is 5.97. The number of fused-ring (bicyclic) bond motifs is 1. The van der Waals surface area contributed by atoms with Gasteiger partial charge in [0.05, 0.1) is 12.0 Å². The van der Waals surface area contributed by atoms with Crippen molar-refractivity contribution in [1.29, 1.82) is 0 Å². The van der Waals surface area contributed by atoms with Crippen molar-refractivity contribution in [3.8, 4) is 17.1 Å². The minimum atomic E-state index is -0.958. The third kappa shape index (κ3) is 4.04. The molecule has 0 saturated carbocycles. The molecule has 0 N–H and O–H groups in total. The zero-order valence-electron chi connectivity index (χ0n) is 16.0. The highest BCUT2D eigenvalue weighted by atomic mass is 35.5. The van der Waals surface area contributed by atoms with Crippen LogP contribution in [0.2, 0.25) is 5.02 Å². The molecule has 6 heteroatoms. The lowest BCUT2D eigenvalue weighted by Crippen LogP contribution is -2.28. The average Bonchev–Trinajstić information content (AvgIpc) is 2.70. The summed E-state index contributed by atoms with van der Waals surface area (Å²) in [6.45, 7) is 5.48. The van der Waals surface area contributed by atoms with Gasteiger partial charge in [-0.15, -0.1) is 0 Å². The first kappa shape index (κ1) is 20.0. The Morgan fingerprint density at radius 3 is 2.50 bits per heavy atom. The van der Waals surface area contributed by atoms with Crippen molar-refractivity contribution >= 4 is 28.5 Å². The molecule has 3 rings (SSSR count). The molecule has 0 unspecified atom stereocenters. The lowest BCUT2D eigenvalue weighted by atomic mass is 10.1. The van der Waals surface area contributed by atoms with Crippen LogP contribution in [0.1, 0.15) is 26.3 Å². The van der Waals surface area contributed by atoms with Crippen molar-refractivity contribution in [3.05, 3.63) is 63.3 Å². The molecule has 28 heavy (non-hydrogen) atoms. The van der Waals surface area contributed by atoms with E-state index >= 15 is 0 Å². The molecule has 5 nitrogen and oxygen atoms in total. The van der Waals surface area contributed by atoms with Gasteiger partial charge in [-0.2, -0.15) is 0 Å². The van der Waals surface area contributed by atoms with Crippen LogP contribution in [0.4, 0.5) is 0 Å². The average molecular weight is 401 g/mol. The summed E-state index contributed by atoms with van der Waals surface area (Å²) in [6, 6.07) is 12.3. The second-order valence-electron chi connectivity index (χ2n) is 6.29. The molecule has 1 atom stereocenters. The molecule has 0 aliphatic rings. The Bertz CT molecular complexity index is 1050. The van der Waals surface area contributed by atoms with E-state index in [1.807, 2.05) is 13.0 Å². The summed E-state index contributed by atoms with van der Waals surface area (Å²) in [4.78, 5) is 25.2. The largest absolute Gasteiger partial charge is 0.471 e. The van der Waals surface area contributed by atoms with Gasteiger partial charge in [-0.05, 0) is 62.2 Å². The van der Waals surface area contributed by atoms with Crippen LogP contribution in [0.25, 0.3) is 22.3 Å². The third-order valence-electron chi connectivity index (χ3n) is 4.34. The molecular weight excluding hydrogens is 380 g/mol. The van der Waals surface area contributed by atoms with Gasteiger partial charge in [0.25, 0.3) is 0 Å². The molecule has 1 aromatic heterocycles. The van der Waals surface area contributed by atoms with Crippen molar-refractivity contribution in [2.24, 2.45) is 0 Å². The maximum Gasteiger partial charge on any atom is 0.347 e. The van der Waals surface area contributed by atoms with Crippen LogP contribution in [0.3, 0.4) is 0 Å². The fraction of sp³-hybridized carbons (Fsp3) is 0.273. The van der Waals surface area contributed by atoms with E-state index in [9.17, 15) is 9.59 Å². The number of esters is 1. The smallest absolute Gasteiger partial charge is 0.347 e. The van der Waals surface area contributed by atoms with E-state index in [2.05, 4.69) is 0 Å². The highest BCUT2D eigenvalue weighted by Crippen LogP contribution is 2.32. The zero-order chi connectivity index (χ0) is 20.3. The van der Waals surface area contributed by atoms with Crippen LogP contribution >= 0.6 is 11.6 Å². The molecule has 0 amide bonds. The molecule has 0 radical (unpaired) electrons.